The SMILES string of the molecule is COc1ccc(N2CCN(C(=O)c3c[nH]c4ccc(S(=O)(=O)N5CCOCC5)cc4c3=O)CC2)cc1. The molecule has 2 aliphatic rings. The van der Waals surface area contributed by atoms with Crippen molar-refractivity contribution in [3.05, 3.63) is 64.4 Å². The zero-order valence-electron chi connectivity index (χ0n) is 20.0. The standard InChI is InChI=1S/C25H28N4O6S/c1-34-19-4-2-18(3-5-19)27-8-10-28(11-9-27)25(31)22-17-26-23-7-6-20(16-21(23)24(22)30)36(32,33)29-12-14-35-15-13-29/h2-7,16-17H,8-15H2,1H3,(H,26,30). The van der Waals surface area contributed by atoms with Crippen LogP contribution in [0.25, 0.3) is 10.9 Å². The first-order valence-corrected chi connectivity index (χ1v) is 13.2. The number of carbonyl (C=O) groups is 1. The fourth-order valence-corrected chi connectivity index (χ4v) is 6.02. The van der Waals surface area contributed by atoms with Gasteiger partial charge in [0, 0.05) is 62.1 Å². The predicted molar refractivity (Wildman–Crippen MR) is 135 cm³/mol. The highest BCUT2D eigenvalue weighted by Crippen LogP contribution is 2.22. The summed E-state index contributed by atoms with van der Waals surface area (Å²) in [6.45, 7) is 3.38. The molecule has 0 saturated carbocycles. The topological polar surface area (TPSA) is 112 Å². The summed E-state index contributed by atoms with van der Waals surface area (Å²) in [4.78, 5) is 33.4. The second-order valence-electron chi connectivity index (χ2n) is 8.73. The van der Waals surface area contributed by atoms with Gasteiger partial charge in [-0.15, -0.1) is 0 Å². The zero-order valence-corrected chi connectivity index (χ0v) is 20.8. The van der Waals surface area contributed by atoms with E-state index in [1.54, 1.807) is 18.1 Å². The van der Waals surface area contributed by atoms with Gasteiger partial charge in [0.2, 0.25) is 15.5 Å². The van der Waals surface area contributed by atoms with E-state index in [4.69, 9.17) is 9.47 Å². The Morgan fingerprint density at radius 1 is 0.972 bits per heavy atom. The predicted octanol–water partition coefficient (Wildman–Crippen LogP) is 1.52. The lowest BCUT2D eigenvalue weighted by atomic mass is 10.1. The third-order valence-corrected chi connectivity index (χ3v) is 8.59. The molecule has 5 rings (SSSR count). The van der Waals surface area contributed by atoms with Gasteiger partial charge >= 0.3 is 0 Å². The van der Waals surface area contributed by atoms with Crippen LogP contribution in [0.15, 0.2) is 58.4 Å². The van der Waals surface area contributed by atoms with Crippen LogP contribution in [-0.2, 0) is 14.8 Å². The minimum atomic E-state index is -3.77. The maximum absolute atomic E-state index is 13.3. The van der Waals surface area contributed by atoms with Crippen molar-refractivity contribution in [1.82, 2.24) is 14.2 Å². The Hall–Kier alpha value is -3.41. The minimum absolute atomic E-state index is 0.00122. The highest BCUT2D eigenvalue weighted by atomic mass is 32.2. The number of hydrogen-bond donors (Lipinski definition) is 1. The molecule has 1 N–H and O–H groups in total. The van der Waals surface area contributed by atoms with E-state index in [1.165, 1.54) is 22.6 Å². The van der Waals surface area contributed by atoms with Crippen molar-refractivity contribution in [3.63, 3.8) is 0 Å². The van der Waals surface area contributed by atoms with E-state index in [9.17, 15) is 18.0 Å². The monoisotopic (exact) mass is 512 g/mol. The van der Waals surface area contributed by atoms with Crippen molar-refractivity contribution in [3.8, 4) is 5.75 Å². The molecule has 0 radical (unpaired) electrons. The molecule has 3 aromatic rings. The van der Waals surface area contributed by atoms with E-state index >= 15 is 0 Å². The van der Waals surface area contributed by atoms with Crippen LogP contribution in [0.5, 0.6) is 5.75 Å². The van der Waals surface area contributed by atoms with E-state index in [2.05, 4.69) is 9.88 Å². The van der Waals surface area contributed by atoms with E-state index in [-0.39, 0.29) is 34.8 Å². The van der Waals surface area contributed by atoms with E-state index in [0.717, 1.165) is 11.4 Å². The number of fused-ring (bicyclic) bond motifs is 1. The van der Waals surface area contributed by atoms with Gasteiger partial charge < -0.3 is 24.3 Å². The quantitative estimate of drug-likeness (QED) is 0.552. The summed E-state index contributed by atoms with van der Waals surface area (Å²) in [5, 5.41) is 0.173. The molecule has 0 aliphatic carbocycles. The molecule has 190 valence electrons. The Kier molecular flexibility index (Phi) is 6.69. The third kappa shape index (κ3) is 4.57. The molecule has 2 saturated heterocycles. The Bertz CT molecular complexity index is 1420. The van der Waals surface area contributed by atoms with Crippen molar-refractivity contribution in [2.45, 2.75) is 4.90 Å². The summed E-state index contributed by atoms with van der Waals surface area (Å²) in [5.41, 5.74) is 1.04. The van der Waals surface area contributed by atoms with Crippen LogP contribution in [0, 0.1) is 0 Å². The number of anilines is 1. The molecule has 0 bridgehead atoms. The van der Waals surface area contributed by atoms with E-state index in [1.807, 2.05) is 24.3 Å². The van der Waals surface area contributed by atoms with Gasteiger partial charge in [0.05, 0.1) is 25.2 Å². The number of H-pyrrole nitrogens is 1. The van der Waals surface area contributed by atoms with Gasteiger partial charge in [-0.1, -0.05) is 0 Å². The van der Waals surface area contributed by atoms with Crippen molar-refractivity contribution >= 4 is 32.5 Å². The number of piperazine rings is 1. The molecule has 2 aromatic carbocycles. The van der Waals surface area contributed by atoms with Crippen molar-refractivity contribution in [2.24, 2.45) is 0 Å². The van der Waals surface area contributed by atoms with E-state index in [0.29, 0.717) is 44.9 Å². The van der Waals surface area contributed by atoms with Crippen LogP contribution < -0.4 is 15.1 Å². The highest BCUT2D eigenvalue weighted by Gasteiger charge is 2.28. The normalized spacial score (nSPS) is 17.4. The molecule has 1 amide bonds. The molecule has 2 fully saturated rings. The molecule has 0 spiro atoms. The number of nitrogens with one attached hydrogen (secondary N) is 1. The number of sulfonamides is 1. The highest BCUT2D eigenvalue weighted by molar-refractivity contribution is 7.89. The average Bonchev–Trinajstić information content (AvgIpc) is 2.93. The first-order chi connectivity index (χ1) is 17.4. The fourth-order valence-electron chi connectivity index (χ4n) is 4.58. The summed E-state index contributed by atoms with van der Waals surface area (Å²) in [7, 11) is -2.15. The third-order valence-electron chi connectivity index (χ3n) is 6.69. The second-order valence-corrected chi connectivity index (χ2v) is 10.7. The zero-order chi connectivity index (χ0) is 25.3. The lowest BCUT2D eigenvalue weighted by Crippen LogP contribution is -2.49. The van der Waals surface area contributed by atoms with Crippen molar-refractivity contribution < 1.29 is 22.7 Å². The van der Waals surface area contributed by atoms with Crippen LogP contribution >= 0.6 is 0 Å². The van der Waals surface area contributed by atoms with Gasteiger partial charge in [-0.2, -0.15) is 4.31 Å². The fraction of sp³-hybridized carbons (Fsp3) is 0.360. The maximum atomic E-state index is 13.3. The number of morpholine rings is 1. The molecule has 2 aliphatic heterocycles. The first-order valence-electron chi connectivity index (χ1n) is 11.8. The van der Waals surface area contributed by atoms with Crippen molar-refractivity contribution in [1.29, 1.82) is 0 Å². The number of pyridine rings is 1. The Morgan fingerprint density at radius 3 is 2.33 bits per heavy atom. The molecule has 0 unspecified atom stereocenters. The van der Waals surface area contributed by atoms with Gasteiger partial charge in [-0.05, 0) is 42.5 Å². The number of methoxy groups -OCH3 is 1. The number of nitrogens with zero attached hydrogens (tertiary/aromatic N) is 3. The van der Waals surface area contributed by atoms with Gasteiger partial charge in [-0.25, -0.2) is 8.42 Å². The molecule has 10 nitrogen and oxygen atoms in total. The lowest BCUT2D eigenvalue weighted by molar-refractivity contribution is 0.0730. The first kappa shape index (κ1) is 24.3. The molecular formula is C25H28N4O6S. The van der Waals surface area contributed by atoms with Crippen LogP contribution in [0.3, 0.4) is 0 Å². The summed E-state index contributed by atoms with van der Waals surface area (Å²) in [5.74, 6) is 0.415. The molecule has 36 heavy (non-hydrogen) atoms. The molecule has 0 atom stereocenters. The van der Waals surface area contributed by atoms with Crippen LogP contribution in [0.2, 0.25) is 0 Å². The number of aromatic amines is 1. The second kappa shape index (κ2) is 9.92. The van der Waals surface area contributed by atoms with Crippen LogP contribution in [0.4, 0.5) is 5.69 Å². The number of carbonyl (C=O) groups excluding carboxylic acids is 1. The van der Waals surface area contributed by atoms with Crippen LogP contribution in [-0.4, -0.2) is 88.1 Å². The summed E-state index contributed by atoms with van der Waals surface area (Å²) < 4.78 is 37.9. The maximum Gasteiger partial charge on any atom is 0.259 e. The summed E-state index contributed by atoms with van der Waals surface area (Å²) in [6.07, 6.45) is 1.42. The summed E-state index contributed by atoms with van der Waals surface area (Å²) >= 11 is 0. The molecular weight excluding hydrogens is 484 g/mol. The van der Waals surface area contributed by atoms with Crippen LogP contribution in [0.1, 0.15) is 10.4 Å². The van der Waals surface area contributed by atoms with Gasteiger partial charge in [-0.3, -0.25) is 9.59 Å². The van der Waals surface area contributed by atoms with Gasteiger partial charge in [0.15, 0.2) is 0 Å². The minimum Gasteiger partial charge on any atom is -0.497 e. The largest absolute Gasteiger partial charge is 0.497 e. The van der Waals surface area contributed by atoms with Gasteiger partial charge in [0.1, 0.15) is 11.3 Å². The Labute approximate surface area is 209 Å². The number of aromatic nitrogens is 1. The number of hydrogen-bond acceptors (Lipinski definition) is 7. The Morgan fingerprint density at radius 2 is 1.67 bits per heavy atom. The molecule has 3 heterocycles. The number of amides is 1. The van der Waals surface area contributed by atoms with E-state index < -0.39 is 15.5 Å². The number of benzene rings is 2. The average molecular weight is 513 g/mol. The molecule has 1 aromatic heterocycles. The number of ether oxygens (including phenoxy) is 2. The van der Waals surface area contributed by atoms with Gasteiger partial charge in [0.25, 0.3) is 5.91 Å². The van der Waals surface area contributed by atoms with Crippen molar-refractivity contribution in [2.75, 3.05) is 64.5 Å². The lowest BCUT2D eigenvalue weighted by Gasteiger charge is -2.36. The Balaban J connectivity index is 1.35. The molecule has 11 heteroatoms. The summed E-state index contributed by atoms with van der Waals surface area (Å²) in [6, 6.07) is 12.1. The smallest absolute Gasteiger partial charge is 0.259 e. The number of rotatable bonds is 5.